The lowest BCUT2D eigenvalue weighted by Crippen LogP contribution is -2.47. The normalized spacial score (nSPS) is 16.2. The van der Waals surface area contributed by atoms with Crippen molar-refractivity contribution in [2.75, 3.05) is 37.6 Å². The van der Waals surface area contributed by atoms with Crippen LogP contribution in [0, 0.1) is 0 Å². The van der Waals surface area contributed by atoms with Gasteiger partial charge in [-0.05, 0) is 81.1 Å². The third-order valence-corrected chi connectivity index (χ3v) is 7.46. The minimum atomic E-state index is -4.36. The SMILES string of the molecule is CC(C)OC(=O)C(C)(CCCN1CCN(c2cccc(-c3cccc(C(F)(F)F)c3)c2)CC1)c1ccccc1. The molecule has 7 heteroatoms. The minimum absolute atomic E-state index is 0.166. The number of benzene rings is 3. The van der Waals surface area contributed by atoms with Crippen molar-refractivity contribution < 1.29 is 22.7 Å². The van der Waals surface area contributed by atoms with Gasteiger partial charge in [0, 0.05) is 31.9 Å². The van der Waals surface area contributed by atoms with Crippen LogP contribution >= 0.6 is 0 Å². The van der Waals surface area contributed by atoms with Crippen molar-refractivity contribution >= 4 is 11.7 Å². The van der Waals surface area contributed by atoms with E-state index in [9.17, 15) is 18.0 Å². The summed E-state index contributed by atoms with van der Waals surface area (Å²) in [5, 5.41) is 0. The first-order valence-electron chi connectivity index (χ1n) is 13.6. The van der Waals surface area contributed by atoms with E-state index in [2.05, 4.69) is 9.80 Å². The smallest absolute Gasteiger partial charge is 0.416 e. The van der Waals surface area contributed by atoms with Gasteiger partial charge in [-0.3, -0.25) is 9.69 Å². The summed E-state index contributed by atoms with van der Waals surface area (Å²) in [6.45, 7) is 10.0. The van der Waals surface area contributed by atoms with Crippen molar-refractivity contribution in [2.24, 2.45) is 0 Å². The van der Waals surface area contributed by atoms with Crippen molar-refractivity contribution in [3.63, 3.8) is 0 Å². The molecule has 0 aliphatic carbocycles. The van der Waals surface area contributed by atoms with Gasteiger partial charge in [-0.1, -0.05) is 54.6 Å². The van der Waals surface area contributed by atoms with Gasteiger partial charge in [0.25, 0.3) is 0 Å². The Balaban J connectivity index is 1.35. The first-order chi connectivity index (χ1) is 18.6. The second-order valence-electron chi connectivity index (χ2n) is 10.7. The first kappa shape index (κ1) is 28.7. The minimum Gasteiger partial charge on any atom is -0.462 e. The zero-order valence-electron chi connectivity index (χ0n) is 22.9. The number of ether oxygens (including phenoxy) is 1. The highest BCUT2D eigenvalue weighted by Crippen LogP contribution is 2.34. The molecule has 4 rings (SSSR count). The van der Waals surface area contributed by atoms with E-state index in [4.69, 9.17) is 4.74 Å². The van der Waals surface area contributed by atoms with E-state index in [0.29, 0.717) is 12.0 Å². The molecule has 1 saturated heterocycles. The van der Waals surface area contributed by atoms with Crippen LogP contribution in [0.4, 0.5) is 18.9 Å². The topological polar surface area (TPSA) is 32.8 Å². The third kappa shape index (κ3) is 7.21. The maximum atomic E-state index is 13.2. The quantitative estimate of drug-likeness (QED) is 0.270. The summed E-state index contributed by atoms with van der Waals surface area (Å²) in [4.78, 5) is 17.7. The zero-order chi connectivity index (χ0) is 28.0. The second kappa shape index (κ2) is 12.2. The molecule has 0 aromatic heterocycles. The number of alkyl halides is 3. The van der Waals surface area contributed by atoms with E-state index < -0.39 is 17.2 Å². The Morgan fingerprint density at radius 1 is 0.846 bits per heavy atom. The lowest BCUT2D eigenvalue weighted by atomic mass is 9.78. The van der Waals surface area contributed by atoms with E-state index in [1.807, 2.05) is 75.4 Å². The molecule has 0 N–H and O–H groups in total. The van der Waals surface area contributed by atoms with Crippen molar-refractivity contribution in [1.29, 1.82) is 0 Å². The van der Waals surface area contributed by atoms with E-state index in [-0.39, 0.29) is 12.1 Å². The van der Waals surface area contributed by atoms with Gasteiger partial charge in [-0.25, -0.2) is 0 Å². The summed E-state index contributed by atoms with van der Waals surface area (Å²) in [6, 6.07) is 23.1. The van der Waals surface area contributed by atoms with Crippen LogP contribution in [0.5, 0.6) is 0 Å². The van der Waals surface area contributed by atoms with Gasteiger partial charge in [0.05, 0.1) is 17.1 Å². The molecule has 4 nitrogen and oxygen atoms in total. The van der Waals surface area contributed by atoms with Crippen molar-refractivity contribution in [1.82, 2.24) is 4.90 Å². The van der Waals surface area contributed by atoms with Crippen LogP contribution in [0.25, 0.3) is 11.1 Å². The molecule has 1 heterocycles. The van der Waals surface area contributed by atoms with Crippen LogP contribution in [-0.4, -0.2) is 49.7 Å². The fourth-order valence-corrected chi connectivity index (χ4v) is 5.16. The van der Waals surface area contributed by atoms with Crippen LogP contribution in [0.1, 0.15) is 44.7 Å². The molecule has 0 amide bonds. The molecule has 0 bridgehead atoms. The number of anilines is 1. The average Bonchev–Trinajstić information content (AvgIpc) is 2.93. The van der Waals surface area contributed by atoms with E-state index in [0.717, 1.165) is 62.0 Å². The number of nitrogens with zero attached hydrogens (tertiary/aromatic N) is 2. The van der Waals surface area contributed by atoms with Crippen molar-refractivity contribution in [2.45, 2.75) is 51.3 Å². The van der Waals surface area contributed by atoms with Gasteiger partial charge in [0.15, 0.2) is 0 Å². The van der Waals surface area contributed by atoms with E-state index in [1.54, 1.807) is 6.07 Å². The van der Waals surface area contributed by atoms with Gasteiger partial charge in [0.1, 0.15) is 0 Å². The molecule has 1 atom stereocenters. The van der Waals surface area contributed by atoms with Gasteiger partial charge in [-0.2, -0.15) is 13.2 Å². The molecule has 39 heavy (non-hydrogen) atoms. The summed E-state index contributed by atoms with van der Waals surface area (Å²) in [5.41, 5.74) is 1.98. The maximum absolute atomic E-state index is 13.2. The Bertz CT molecular complexity index is 1240. The molecule has 3 aromatic carbocycles. The Labute approximate surface area is 229 Å². The predicted octanol–water partition coefficient (Wildman–Crippen LogP) is 7.18. The lowest BCUT2D eigenvalue weighted by molar-refractivity contribution is -0.154. The van der Waals surface area contributed by atoms with Gasteiger partial charge in [-0.15, -0.1) is 0 Å². The van der Waals surface area contributed by atoms with Crippen LogP contribution < -0.4 is 4.90 Å². The molecule has 1 aliphatic heterocycles. The average molecular weight is 539 g/mol. The molecule has 0 radical (unpaired) electrons. The molecule has 1 aliphatic rings. The molecule has 1 fully saturated rings. The number of piperazine rings is 1. The van der Waals surface area contributed by atoms with Crippen molar-refractivity contribution in [3.8, 4) is 11.1 Å². The molecular formula is C32H37F3N2O2. The summed E-state index contributed by atoms with van der Waals surface area (Å²) >= 11 is 0. The molecule has 0 saturated carbocycles. The Morgan fingerprint density at radius 2 is 1.46 bits per heavy atom. The number of carbonyl (C=O) groups excluding carboxylic acids is 1. The van der Waals surface area contributed by atoms with Crippen LogP contribution in [0.15, 0.2) is 78.9 Å². The van der Waals surface area contributed by atoms with E-state index >= 15 is 0 Å². The number of hydrogen-bond donors (Lipinski definition) is 0. The maximum Gasteiger partial charge on any atom is 0.416 e. The molecular weight excluding hydrogens is 501 g/mol. The van der Waals surface area contributed by atoms with Crippen LogP contribution in [-0.2, 0) is 21.1 Å². The summed E-state index contributed by atoms with van der Waals surface area (Å²) in [6.07, 6.45) is -2.97. The third-order valence-electron chi connectivity index (χ3n) is 7.46. The predicted molar refractivity (Wildman–Crippen MR) is 150 cm³/mol. The molecule has 1 unspecified atom stereocenters. The standard InChI is InChI=1S/C32H37F3N2O2/c1-24(2)39-30(38)31(3,27-12-5-4-6-13-27)16-9-17-36-18-20-37(21-19-36)29-15-8-11-26(23-29)25-10-7-14-28(22-25)32(33,34)35/h4-8,10-15,22-24H,9,16-21H2,1-3H3. The summed E-state index contributed by atoms with van der Waals surface area (Å²) in [7, 11) is 0. The Hall–Kier alpha value is -3.32. The monoisotopic (exact) mass is 538 g/mol. The van der Waals surface area contributed by atoms with Crippen LogP contribution in [0.3, 0.4) is 0 Å². The lowest BCUT2D eigenvalue weighted by Gasteiger charge is -2.37. The molecule has 208 valence electrons. The number of rotatable bonds is 9. The largest absolute Gasteiger partial charge is 0.462 e. The zero-order valence-corrected chi connectivity index (χ0v) is 22.9. The number of halogens is 3. The second-order valence-corrected chi connectivity index (χ2v) is 10.7. The summed E-state index contributed by atoms with van der Waals surface area (Å²) in [5.74, 6) is -0.186. The first-order valence-corrected chi connectivity index (χ1v) is 13.6. The highest BCUT2D eigenvalue weighted by molar-refractivity contribution is 5.82. The summed E-state index contributed by atoms with van der Waals surface area (Å²) < 4.78 is 45.2. The number of esters is 1. The van der Waals surface area contributed by atoms with Gasteiger partial charge < -0.3 is 9.64 Å². The fourth-order valence-electron chi connectivity index (χ4n) is 5.16. The Kier molecular flexibility index (Phi) is 9.01. The van der Waals surface area contributed by atoms with Crippen LogP contribution in [0.2, 0.25) is 0 Å². The number of carbonyl (C=O) groups is 1. The van der Waals surface area contributed by atoms with Gasteiger partial charge in [0.2, 0.25) is 0 Å². The highest BCUT2D eigenvalue weighted by atomic mass is 19.4. The van der Waals surface area contributed by atoms with E-state index in [1.165, 1.54) is 12.1 Å². The number of hydrogen-bond acceptors (Lipinski definition) is 4. The van der Waals surface area contributed by atoms with Crippen molar-refractivity contribution in [3.05, 3.63) is 90.0 Å². The molecule has 3 aromatic rings. The highest BCUT2D eigenvalue weighted by Gasteiger charge is 2.37. The van der Waals surface area contributed by atoms with Gasteiger partial charge >= 0.3 is 12.1 Å². The Morgan fingerprint density at radius 3 is 2.10 bits per heavy atom. The fraction of sp³-hybridized carbons (Fsp3) is 0.406. The molecule has 0 spiro atoms.